The maximum absolute atomic E-state index is 11.2. The fourth-order valence-electron chi connectivity index (χ4n) is 2.88. The topological polar surface area (TPSA) is 53.4 Å². The minimum Gasteiger partial charge on any atom is -0.488 e. The zero-order valence-corrected chi connectivity index (χ0v) is 16.5. The summed E-state index contributed by atoms with van der Waals surface area (Å²) in [6, 6.07) is 13.2. The van der Waals surface area contributed by atoms with Crippen molar-refractivity contribution in [3.63, 3.8) is 0 Å². The van der Waals surface area contributed by atoms with Crippen LogP contribution in [0.3, 0.4) is 0 Å². The van der Waals surface area contributed by atoms with E-state index >= 15 is 0 Å². The van der Waals surface area contributed by atoms with Crippen molar-refractivity contribution in [1.82, 2.24) is 9.78 Å². The van der Waals surface area contributed by atoms with Gasteiger partial charge in [-0.25, -0.2) is 0 Å². The lowest BCUT2D eigenvalue weighted by Gasteiger charge is -2.13. The van der Waals surface area contributed by atoms with Crippen molar-refractivity contribution in [3.05, 3.63) is 64.3 Å². The molecule has 6 heteroatoms. The third-order valence-corrected chi connectivity index (χ3v) is 4.78. The van der Waals surface area contributed by atoms with Gasteiger partial charge < -0.3 is 9.47 Å². The van der Waals surface area contributed by atoms with E-state index in [1.807, 2.05) is 57.3 Å². The number of hydrogen-bond donors (Lipinski definition) is 0. The van der Waals surface area contributed by atoms with Crippen LogP contribution in [0.4, 0.5) is 0 Å². The fourth-order valence-corrected chi connectivity index (χ4v) is 3.00. The number of para-hydroxylation sites is 1. The number of ether oxygens (including phenoxy) is 2. The number of rotatable bonds is 5. The highest BCUT2D eigenvalue weighted by Crippen LogP contribution is 2.31. The van der Waals surface area contributed by atoms with Crippen molar-refractivity contribution in [2.45, 2.75) is 27.4 Å². The van der Waals surface area contributed by atoms with Crippen LogP contribution in [0.5, 0.6) is 11.5 Å². The monoisotopic (exact) mass is 384 g/mol. The summed E-state index contributed by atoms with van der Waals surface area (Å²) in [7, 11) is 1.82. The summed E-state index contributed by atoms with van der Waals surface area (Å²) in [5.74, 6) is 0.918. The Bertz CT molecular complexity index is 995. The number of carbonyl (C=O) groups is 1. The number of esters is 1. The lowest BCUT2D eigenvalue weighted by atomic mass is 10.1. The van der Waals surface area contributed by atoms with Crippen LogP contribution in [0.1, 0.15) is 23.6 Å². The van der Waals surface area contributed by atoms with E-state index in [2.05, 4.69) is 5.10 Å². The number of aryl methyl sites for hydroxylation is 2. The van der Waals surface area contributed by atoms with Gasteiger partial charge in [-0.15, -0.1) is 0 Å². The van der Waals surface area contributed by atoms with E-state index in [4.69, 9.17) is 21.1 Å². The average molecular weight is 385 g/mol. The second-order valence-corrected chi connectivity index (χ2v) is 6.72. The molecule has 1 heterocycles. The molecule has 0 saturated carbocycles. The van der Waals surface area contributed by atoms with Crippen LogP contribution in [0, 0.1) is 13.8 Å². The van der Waals surface area contributed by atoms with Gasteiger partial charge in [0.25, 0.3) is 0 Å². The zero-order valence-electron chi connectivity index (χ0n) is 15.7. The molecule has 1 aromatic heterocycles. The Labute approximate surface area is 163 Å². The van der Waals surface area contributed by atoms with E-state index in [9.17, 15) is 4.79 Å². The van der Waals surface area contributed by atoms with Gasteiger partial charge in [0.05, 0.1) is 5.69 Å². The molecule has 0 unspecified atom stereocenters. The number of carbonyl (C=O) groups excluding carboxylic acids is 1. The van der Waals surface area contributed by atoms with E-state index < -0.39 is 0 Å². The second kappa shape index (κ2) is 7.84. The summed E-state index contributed by atoms with van der Waals surface area (Å²) < 4.78 is 12.8. The molecular formula is C21H21ClN2O3. The highest BCUT2D eigenvalue weighted by atomic mass is 35.5. The summed E-state index contributed by atoms with van der Waals surface area (Å²) in [4.78, 5) is 11.2. The quantitative estimate of drug-likeness (QED) is 0.465. The van der Waals surface area contributed by atoms with Crippen molar-refractivity contribution in [3.8, 4) is 22.8 Å². The van der Waals surface area contributed by atoms with Crippen LogP contribution in [-0.2, 0) is 18.4 Å². The molecule has 0 atom stereocenters. The summed E-state index contributed by atoms with van der Waals surface area (Å²) >= 11 is 6.23. The molecule has 0 N–H and O–H groups in total. The molecule has 5 nitrogen and oxygen atoms in total. The molecule has 0 bridgehead atoms. The lowest BCUT2D eigenvalue weighted by Crippen LogP contribution is -2.06. The lowest BCUT2D eigenvalue weighted by molar-refractivity contribution is -0.131. The normalized spacial score (nSPS) is 10.7. The first-order valence-corrected chi connectivity index (χ1v) is 8.94. The van der Waals surface area contributed by atoms with Crippen molar-refractivity contribution in [2.75, 3.05) is 0 Å². The van der Waals surface area contributed by atoms with Gasteiger partial charge in [-0.05, 0) is 43.7 Å². The van der Waals surface area contributed by atoms with Gasteiger partial charge >= 0.3 is 5.97 Å². The van der Waals surface area contributed by atoms with Gasteiger partial charge in [-0.2, -0.15) is 5.10 Å². The molecule has 0 aliphatic rings. The number of nitrogens with zero attached hydrogens (tertiary/aromatic N) is 2. The Morgan fingerprint density at radius 3 is 2.52 bits per heavy atom. The van der Waals surface area contributed by atoms with Crippen molar-refractivity contribution in [1.29, 1.82) is 0 Å². The van der Waals surface area contributed by atoms with Crippen LogP contribution in [0.25, 0.3) is 11.3 Å². The molecule has 0 amide bonds. The van der Waals surface area contributed by atoms with Gasteiger partial charge in [-0.3, -0.25) is 9.48 Å². The Morgan fingerprint density at radius 1 is 1.15 bits per heavy atom. The van der Waals surface area contributed by atoms with Crippen LogP contribution < -0.4 is 9.47 Å². The Hall–Kier alpha value is -2.79. The molecule has 3 aromatic rings. The molecule has 0 aliphatic heterocycles. The first-order chi connectivity index (χ1) is 12.9. The number of halogens is 1. The van der Waals surface area contributed by atoms with E-state index in [0.717, 1.165) is 33.7 Å². The highest BCUT2D eigenvalue weighted by molar-refractivity contribution is 6.30. The number of benzene rings is 2. The van der Waals surface area contributed by atoms with Crippen LogP contribution in [-0.4, -0.2) is 15.7 Å². The maximum Gasteiger partial charge on any atom is 0.308 e. The van der Waals surface area contributed by atoms with Crippen LogP contribution in [0.2, 0.25) is 5.15 Å². The largest absolute Gasteiger partial charge is 0.488 e. The van der Waals surface area contributed by atoms with E-state index in [1.54, 1.807) is 10.7 Å². The molecule has 0 spiro atoms. The molecule has 0 fully saturated rings. The summed E-state index contributed by atoms with van der Waals surface area (Å²) in [5, 5.41) is 5.11. The highest BCUT2D eigenvalue weighted by Gasteiger charge is 2.14. The molecule has 2 aromatic carbocycles. The Morgan fingerprint density at radius 2 is 1.89 bits per heavy atom. The fraction of sp³-hybridized carbons (Fsp3) is 0.238. The average Bonchev–Trinajstić information content (AvgIpc) is 2.89. The summed E-state index contributed by atoms with van der Waals surface area (Å²) in [6.07, 6.45) is 0. The maximum atomic E-state index is 11.2. The molecule has 27 heavy (non-hydrogen) atoms. The Kier molecular flexibility index (Phi) is 5.51. The smallest absolute Gasteiger partial charge is 0.308 e. The molecule has 0 radical (unpaired) electrons. The van der Waals surface area contributed by atoms with Crippen molar-refractivity contribution >= 4 is 17.6 Å². The summed E-state index contributed by atoms with van der Waals surface area (Å²) in [6.45, 7) is 5.62. The predicted molar refractivity (Wildman–Crippen MR) is 105 cm³/mol. The predicted octanol–water partition coefficient (Wildman–Crippen LogP) is 4.86. The van der Waals surface area contributed by atoms with Gasteiger partial charge in [0.1, 0.15) is 23.3 Å². The third-order valence-electron chi connectivity index (χ3n) is 4.26. The second-order valence-electron chi connectivity index (χ2n) is 6.36. The Balaban J connectivity index is 1.80. The van der Waals surface area contributed by atoms with Crippen molar-refractivity contribution < 1.29 is 14.3 Å². The van der Waals surface area contributed by atoms with E-state index in [1.165, 1.54) is 6.92 Å². The molecule has 0 saturated heterocycles. The minimum atomic E-state index is -0.354. The van der Waals surface area contributed by atoms with E-state index in [-0.39, 0.29) is 5.97 Å². The minimum absolute atomic E-state index is 0.304. The number of hydrogen-bond acceptors (Lipinski definition) is 4. The van der Waals surface area contributed by atoms with Gasteiger partial charge in [-0.1, -0.05) is 29.8 Å². The van der Waals surface area contributed by atoms with Gasteiger partial charge in [0.2, 0.25) is 0 Å². The SMILES string of the molecule is CC(=O)Oc1ccccc1COc1ccc(-c2nn(C)c(Cl)c2C)cc1C. The third kappa shape index (κ3) is 4.14. The molecular weight excluding hydrogens is 364 g/mol. The van der Waals surface area contributed by atoms with Gasteiger partial charge in [0.15, 0.2) is 0 Å². The first-order valence-electron chi connectivity index (χ1n) is 8.56. The molecule has 140 valence electrons. The zero-order chi connectivity index (χ0) is 19.6. The van der Waals surface area contributed by atoms with Gasteiger partial charge in [0, 0.05) is 30.7 Å². The standard InChI is InChI=1S/C21H21ClN2O3/c1-13-11-16(20-14(2)21(22)24(4)23-20)9-10-18(13)26-12-17-7-5-6-8-19(17)27-15(3)25/h5-11H,12H2,1-4H3. The van der Waals surface area contributed by atoms with Crippen LogP contribution in [0.15, 0.2) is 42.5 Å². The van der Waals surface area contributed by atoms with Crippen LogP contribution >= 0.6 is 11.6 Å². The summed E-state index contributed by atoms with van der Waals surface area (Å²) in [5.41, 5.74) is 4.59. The van der Waals surface area contributed by atoms with E-state index in [0.29, 0.717) is 17.5 Å². The molecule has 3 rings (SSSR count). The molecule has 0 aliphatic carbocycles. The number of aromatic nitrogens is 2. The van der Waals surface area contributed by atoms with Crippen molar-refractivity contribution in [2.24, 2.45) is 7.05 Å². The first kappa shape index (κ1) is 19.0.